The third kappa shape index (κ3) is 2.91. The first kappa shape index (κ1) is 13.5. The number of ether oxygens (including phenoxy) is 1. The normalized spacial score (nSPS) is 18.6. The maximum Gasteiger partial charge on any atom is 0.261 e. The Morgan fingerprint density at radius 1 is 1.50 bits per heavy atom. The molecule has 0 spiro atoms. The number of thiophene rings is 1. The molecule has 1 aliphatic rings. The number of nitrogens with one attached hydrogen (secondary N) is 1. The Hall–Kier alpha value is -0.910. The molecule has 1 fully saturated rings. The summed E-state index contributed by atoms with van der Waals surface area (Å²) in [5.74, 6) is -0.0874. The minimum Gasteiger partial charge on any atom is -0.394 e. The highest BCUT2D eigenvalue weighted by molar-refractivity contribution is 7.14. The molecule has 0 radical (unpaired) electrons. The van der Waals surface area contributed by atoms with Crippen molar-refractivity contribution in [2.45, 2.75) is 31.7 Å². The van der Waals surface area contributed by atoms with E-state index in [1.54, 1.807) is 0 Å². The lowest BCUT2D eigenvalue weighted by atomic mass is 9.91. The first-order valence-electron chi connectivity index (χ1n) is 6.29. The SMILES string of the molecule is CCc1ccc(C(=O)NC2(CO)CCOCC2)s1. The average Bonchev–Trinajstić information content (AvgIpc) is 2.88. The second-order valence-corrected chi connectivity index (χ2v) is 5.79. The topological polar surface area (TPSA) is 58.6 Å². The van der Waals surface area contributed by atoms with Crippen LogP contribution in [0.4, 0.5) is 0 Å². The van der Waals surface area contributed by atoms with E-state index in [0.29, 0.717) is 30.9 Å². The van der Waals surface area contributed by atoms with Gasteiger partial charge in [0.2, 0.25) is 0 Å². The van der Waals surface area contributed by atoms with E-state index in [2.05, 4.69) is 12.2 Å². The maximum atomic E-state index is 12.2. The number of carbonyl (C=O) groups is 1. The van der Waals surface area contributed by atoms with Gasteiger partial charge >= 0.3 is 0 Å². The van der Waals surface area contributed by atoms with Crippen molar-refractivity contribution in [1.29, 1.82) is 0 Å². The molecular formula is C13H19NO3S. The third-order valence-electron chi connectivity index (χ3n) is 3.37. The first-order chi connectivity index (χ1) is 8.69. The fourth-order valence-corrected chi connectivity index (χ4v) is 2.92. The standard InChI is InChI=1S/C13H19NO3S/c1-2-10-3-4-11(18-10)12(16)14-13(9-15)5-7-17-8-6-13/h3-4,15H,2,5-9H2,1H3,(H,14,16). The van der Waals surface area contributed by atoms with Gasteiger partial charge in [-0.05, 0) is 31.4 Å². The highest BCUT2D eigenvalue weighted by atomic mass is 32.1. The number of aliphatic hydroxyl groups excluding tert-OH is 1. The molecule has 0 atom stereocenters. The van der Waals surface area contributed by atoms with Gasteiger partial charge in [0.1, 0.15) is 0 Å². The van der Waals surface area contributed by atoms with Gasteiger partial charge < -0.3 is 15.2 Å². The number of hydrogen-bond acceptors (Lipinski definition) is 4. The Morgan fingerprint density at radius 3 is 2.78 bits per heavy atom. The van der Waals surface area contributed by atoms with Crippen LogP contribution in [0.25, 0.3) is 0 Å². The van der Waals surface area contributed by atoms with Gasteiger partial charge in [0.15, 0.2) is 0 Å². The maximum absolute atomic E-state index is 12.2. The summed E-state index contributed by atoms with van der Waals surface area (Å²) in [4.78, 5) is 14.1. The van der Waals surface area contributed by atoms with E-state index in [4.69, 9.17) is 4.74 Å². The van der Waals surface area contributed by atoms with Crippen molar-refractivity contribution >= 4 is 17.2 Å². The molecule has 100 valence electrons. The zero-order valence-electron chi connectivity index (χ0n) is 10.6. The van der Waals surface area contributed by atoms with Crippen LogP contribution in [0.15, 0.2) is 12.1 Å². The van der Waals surface area contributed by atoms with Crippen LogP contribution in [0.5, 0.6) is 0 Å². The molecule has 0 aliphatic carbocycles. The second-order valence-electron chi connectivity index (χ2n) is 4.62. The highest BCUT2D eigenvalue weighted by Gasteiger charge is 2.33. The lowest BCUT2D eigenvalue weighted by molar-refractivity contribution is 0.0126. The van der Waals surface area contributed by atoms with Crippen LogP contribution in [0.3, 0.4) is 0 Å². The van der Waals surface area contributed by atoms with Crippen LogP contribution in [0, 0.1) is 0 Å². The van der Waals surface area contributed by atoms with Gasteiger partial charge in [0.05, 0.1) is 17.0 Å². The van der Waals surface area contributed by atoms with Gasteiger partial charge in [-0.2, -0.15) is 0 Å². The first-order valence-corrected chi connectivity index (χ1v) is 7.10. The molecule has 1 saturated heterocycles. The predicted octanol–water partition coefficient (Wildman–Crippen LogP) is 1.58. The van der Waals surface area contributed by atoms with E-state index in [1.807, 2.05) is 12.1 Å². The van der Waals surface area contributed by atoms with Crippen LogP contribution in [-0.4, -0.2) is 36.4 Å². The van der Waals surface area contributed by atoms with Crippen LogP contribution >= 0.6 is 11.3 Å². The lowest BCUT2D eigenvalue weighted by Gasteiger charge is -2.36. The minimum atomic E-state index is -0.508. The lowest BCUT2D eigenvalue weighted by Crippen LogP contribution is -2.54. The zero-order valence-corrected chi connectivity index (χ0v) is 11.4. The van der Waals surface area contributed by atoms with Gasteiger partial charge in [-0.15, -0.1) is 11.3 Å². The van der Waals surface area contributed by atoms with E-state index in [1.165, 1.54) is 16.2 Å². The summed E-state index contributed by atoms with van der Waals surface area (Å²) >= 11 is 1.51. The van der Waals surface area contributed by atoms with Crippen molar-refractivity contribution < 1.29 is 14.6 Å². The Balaban J connectivity index is 2.04. The van der Waals surface area contributed by atoms with Crippen LogP contribution in [0.2, 0.25) is 0 Å². The van der Waals surface area contributed by atoms with Crippen molar-refractivity contribution in [3.8, 4) is 0 Å². The predicted molar refractivity (Wildman–Crippen MR) is 71.0 cm³/mol. The van der Waals surface area contributed by atoms with Gasteiger partial charge in [-0.3, -0.25) is 4.79 Å². The van der Waals surface area contributed by atoms with Gasteiger partial charge in [0.25, 0.3) is 5.91 Å². The summed E-state index contributed by atoms with van der Waals surface area (Å²) in [6, 6.07) is 3.83. The molecule has 0 bridgehead atoms. The zero-order chi connectivity index (χ0) is 13.0. The fraction of sp³-hybridized carbons (Fsp3) is 0.615. The van der Waals surface area contributed by atoms with Crippen molar-refractivity contribution in [3.05, 3.63) is 21.9 Å². The molecule has 0 saturated carbocycles. The number of rotatable bonds is 4. The largest absolute Gasteiger partial charge is 0.394 e. The smallest absolute Gasteiger partial charge is 0.261 e. The Morgan fingerprint density at radius 2 is 2.22 bits per heavy atom. The summed E-state index contributed by atoms with van der Waals surface area (Å²) in [6.45, 7) is 3.21. The number of aryl methyl sites for hydroxylation is 1. The summed E-state index contributed by atoms with van der Waals surface area (Å²) in [7, 11) is 0. The average molecular weight is 269 g/mol. The van der Waals surface area contributed by atoms with E-state index in [0.717, 1.165) is 6.42 Å². The second kappa shape index (κ2) is 5.82. The van der Waals surface area contributed by atoms with E-state index < -0.39 is 5.54 Å². The summed E-state index contributed by atoms with van der Waals surface area (Å²) in [6.07, 6.45) is 2.28. The minimum absolute atomic E-state index is 0.0336. The summed E-state index contributed by atoms with van der Waals surface area (Å²) in [5, 5.41) is 12.5. The van der Waals surface area contributed by atoms with Crippen LogP contribution in [-0.2, 0) is 11.2 Å². The molecule has 1 aromatic rings. The monoisotopic (exact) mass is 269 g/mol. The molecular weight excluding hydrogens is 250 g/mol. The number of aliphatic hydroxyl groups is 1. The van der Waals surface area contributed by atoms with Crippen molar-refractivity contribution in [3.63, 3.8) is 0 Å². The third-order valence-corrected chi connectivity index (χ3v) is 4.59. The Bertz CT molecular complexity index is 410. The molecule has 18 heavy (non-hydrogen) atoms. The number of carbonyl (C=O) groups excluding carboxylic acids is 1. The molecule has 0 unspecified atom stereocenters. The van der Waals surface area contributed by atoms with E-state index in [9.17, 15) is 9.90 Å². The molecule has 0 aromatic carbocycles. The van der Waals surface area contributed by atoms with Crippen LogP contribution < -0.4 is 5.32 Å². The molecule has 1 aliphatic heterocycles. The number of hydrogen-bond donors (Lipinski definition) is 2. The Labute approximate surface area is 111 Å². The molecule has 5 heteroatoms. The van der Waals surface area contributed by atoms with Crippen LogP contribution in [0.1, 0.15) is 34.3 Å². The molecule has 2 heterocycles. The van der Waals surface area contributed by atoms with Crippen molar-refractivity contribution in [1.82, 2.24) is 5.32 Å². The van der Waals surface area contributed by atoms with E-state index in [-0.39, 0.29) is 12.5 Å². The van der Waals surface area contributed by atoms with Gasteiger partial charge in [0, 0.05) is 18.1 Å². The summed E-state index contributed by atoms with van der Waals surface area (Å²) in [5.41, 5.74) is -0.508. The van der Waals surface area contributed by atoms with Gasteiger partial charge in [-0.25, -0.2) is 0 Å². The highest BCUT2D eigenvalue weighted by Crippen LogP contribution is 2.23. The van der Waals surface area contributed by atoms with Gasteiger partial charge in [-0.1, -0.05) is 6.92 Å². The van der Waals surface area contributed by atoms with Crippen molar-refractivity contribution in [2.75, 3.05) is 19.8 Å². The molecule has 2 rings (SSSR count). The molecule has 2 N–H and O–H groups in total. The number of amides is 1. The summed E-state index contributed by atoms with van der Waals surface area (Å²) < 4.78 is 5.28. The quantitative estimate of drug-likeness (QED) is 0.872. The molecule has 1 aromatic heterocycles. The van der Waals surface area contributed by atoms with E-state index >= 15 is 0 Å². The Kier molecular flexibility index (Phi) is 4.37. The van der Waals surface area contributed by atoms with Crippen molar-refractivity contribution in [2.24, 2.45) is 0 Å². The molecule has 4 nitrogen and oxygen atoms in total. The fourth-order valence-electron chi connectivity index (χ4n) is 2.08. The molecule has 1 amide bonds.